The number of hydrogen-bond acceptors (Lipinski definition) is 2. The Hall–Kier alpha value is -1.26. The standard InChI is InChI=1S/C17H25F3N2/c1-13(9-14-5-3-2-4-6-14)15-10-16(17(18,19)20)7-8-21-12-22-11-15/h7-8,10,12-15H,2-6,9,11H2,1H3,(H,21,22)/b8-7-,16-10+. The molecule has 1 aliphatic carbocycles. The highest BCUT2D eigenvalue weighted by atomic mass is 19.4. The fourth-order valence-electron chi connectivity index (χ4n) is 3.40. The van der Waals surface area contributed by atoms with Crippen LogP contribution in [0.15, 0.2) is 28.9 Å². The van der Waals surface area contributed by atoms with Crippen molar-refractivity contribution in [1.82, 2.24) is 5.32 Å². The van der Waals surface area contributed by atoms with Crippen LogP contribution in [0.3, 0.4) is 0 Å². The van der Waals surface area contributed by atoms with Gasteiger partial charge >= 0.3 is 6.18 Å². The molecule has 0 aromatic rings. The van der Waals surface area contributed by atoms with Crippen LogP contribution >= 0.6 is 0 Å². The quantitative estimate of drug-likeness (QED) is 0.791. The number of hydrogen-bond donors (Lipinski definition) is 1. The molecule has 2 nitrogen and oxygen atoms in total. The third-order valence-electron chi connectivity index (χ3n) is 4.72. The normalized spacial score (nSPS) is 30.9. The molecule has 5 heteroatoms. The van der Waals surface area contributed by atoms with Gasteiger partial charge in [0.15, 0.2) is 0 Å². The first-order valence-corrected chi connectivity index (χ1v) is 8.16. The summed E-state index contributed by atoms with van der Waals surface area (Å²) < 4.78 is 39.3. The summed E-state index contributed by atoms with van der Waals surface area (Å²) in [6, 6.07) is 0. The van der Waals surface area contributed by atoms with Crippen molar-refractivity contribution < 1.29 is 13.2 Å². The zero-order valence-electron chi connectivity index (χ0n) is 13.1. The van der Waals surface area contributed by atoms with E-state index >= 15 is 0 Å². The number of allylic oxidation sites excluding steroid dienone is 2. The van der Waals surface area contributed by atoms with E-state index in [0.29, 0.717) is 12.5 Å². The van der Waals surface area contributed by atoms with Crippen molar-refractivity contribution in [2.45, 2.75) is 51.6 Å². The lowest BCUT2D eigenvalue weighted by molar-refractivity contribution is -0.0887. The minimum atomic E-state index is -4.31. The van der Waals surface area contributed by atoms with Crippen LogP contribution in [0.2, 0.25) is 0 Å². The van der Waals surface area contributed by atoms with E-state index < -0.39 is 11.7 Å². The zero-order chi connectivity index (χ0) is 16.0. The maximum atomic E-state index is 13.1. The molecule has 0 bridgehead atoms. The van der Waals surface area contributed by atoms with Crippen LogP contribution in [-0.2, 0) is 0 Å². The van der Waals surface area contributed by atoms with Crippen LogP contribution in [0.25, 0.3) is 0 Å². The van der Waals surface area contributed by atoms with Crippen LogP contribution < -0.4 is 5.32 Å². The second-order valence-corrected chi connectivity index (χ2v) is 6.49. The Bertz CT molecular complexity index is 432. The summed E-state index contributed by atoms with van der Waals surface area (Å²) in [5.74, 6) is 0.709. The minimum absolute atomic E-state index is 0.167. The van der Waals surface area contributed by atoms with E-state index in [9.17, 15) is 13.2 Å². The number of alkyl halides is 3. The molecule has 2 rings (SSSR count). The molecule has 2 atom stereocenters. The lowest BCUT2D eigenvalue weighted by Gasteiger charge is -2.28. The van der Waals surface area contributed by atoms with Gasteiger partial charge in [0.25, 0.3) is 0 Å². The fraction of sp³-hybridized carbons (Fsp3) is 0.706. The first kappa shape index (κ1) is 17.1. The summed E-state index contributed by atoms with van der Waals surface area (Å²) >= 11 is 0. The number of halogens is 3. The molecule has 2 aliphatic rings. The van der Waals surface area contributed by atoms with Crippen LogP contribution in [0, 0.1) is 17.8 Å². The molecule has 2 unspecified atom stereocenters. The van der Waals surface area contributed by atoms with Crippen LogP contribution in [0.1, 0.15) is 45.4 Å². The first-order chi connectivity index (χ1) is 10.5. The maximum Gasteiger partial charge on any atom is 0.416 e. The summed E-state index contributed by atoms with van der Waals surface area (Å²) in [7, 11) is 0. The molecule has 1 aliphatic heterocycles. The van der Waals surface area contributed by atoms with Gasteiger partial charge in [-0.05, 0) is 30.3 Å². The second kappa shape index (κ2) is 7.84. The number of rotatable bonds is 3. The van der Waals surface area contributed by atoms with Crippen LogP contribution in [0.5, 0.6) is 0 Å². The van der Waals surface area contributed by atoms with Crippen molar-refractivity contribution in [3.8, 4) is 0 Å². The third-order valence-corrected chi connectivity index (χ3v) is 4.72. The molecular formula is C17H25F3N2. The van der Waals surface area contributed by atoms with Gasteiger partial charge in [-0.25, -0.2) is 0 Å². The smallest absolute Gasteiger partial charge is 0.353 e. The molecule has 0 amide bonds. The van der Waals surface area contributed by atoms with E-state index in [4.69, 9.17) is 0 Å². The summed E-state index contributed by atoms with van der Waals surface area (Å²) in [5, 5.41) is 2.66. The molecule has 0 aromatic heterocycles. The Balaban J connectivity index is 2.09. The second-order valence-electron chi connectivity index (χ2n) is 6.49. The Morgan fingerprint density at radius 1 is 1.27 bits per heavy atom. The molecule has 124 valence electrons. The van der Waals surface area contributed by atoms with Crippen LogP contribution in [-0.4, -0.2) is 19.1 Å². The van der Waals surface area contributed by atoms with E-state index in [2.05, 4.69) is 17.2 Å². The van der Waals surface area contributed by atoms with E-state index in [1.165, 1.54) is 50.7 Å². The Morgan fingerprint density at radius 3 is 2.68 bits per heavy atom. The molecule has 0 saturated heterocycles. The molecular weight excluding hydrogens is 289 g/mol. The summed E-state index contributed by atoms with van der Waals surface area (Å²) in [4.78, 5) is 4.20. The lowest BCUT2D eigenvalue weighted by atomic mass is 9.78. The Labute approximate surface area is 130 Å². The SMILES string of the molecule is CC(CC1CCCCC1)C1/C=C(C(F)(F)F)\C=C/N/C=N\C1. The molecule has 0 aromatic carbocycles. The third kappa shape index (κ3) is 5.18. The molecule has 0 radical (unpaired) electrons. The van der Waals surface area contributed by atoms with Crippen molar-refractivity contribution in [2.75, 3.05) is 6.54 Å². The topological polar surface area (TPSA) is 24.4 Å². The molecule has 1 N–H and O–H groups in total. The minimum Gasteiger partial charge on any atom is -0.353 e. The fourth-order valence-corrected chi connectivity index (χ4v) is 3.40. The van der Waals surface area contributed by atoms with Gasteiger partial charge in [-0.15, -0.1) is 0 Å². The summed E-state index contributed by atoms with van der Waals surface area (Å²) in [6.07, 6.45) is 8.17. The molecule has 22 heavy (non-hydrogen) atoms. The lowest BCUT2D eigenvalue weighted by Crippen LogP contribution is -2.20. The van der Waals surface area contributed by atoms with Gasteiger partial charge in [0, 0.05) is 12.7 Å². The largest absolute Gasteiger partial charge is 0.416 e. The Kier molecular flexibility index (Phi) is 6.09. The van der Waals surface area contributed by atoms with Gasteiger partial charge in [-0.3, -0.25) is 4.99 Å². The van der Waals surface area contributed by atoms with Crippen molar-refractivity contribution in [3.05, 3.63) is 23.9 Å². The van der Waals surface area contributed by atoms with E-state index in [-0.39, 0.29) is 11.8 Å². The maximum absolute atomic E-state index is 13.1. The van der Waals surface area contributed by atoms with Crippen molar-refractivity contribution in [1.29, 1.82) is 0 Å². The van der Waals surface area contributed by atoms with Gasteiger partial charge in [0.2, 0.25) is 0 Å². The number of nitrogens with one attached hydrogen (secondary N) is 1. The van der Waals surface area contributed by atoms with Crippen molar-refractivity contribution in [2.24, 2.45) is 22.7 Å². The highest BCUT2D eigenvalue weighted by Crippen LogP contribution is 2.34. The van der Waals surface area contributed by atoms with Gasteiger partial charge in [-0.2, -0.15) is 13.2 Å². The van der Waals surface area contributed by atoms with Crippen molar-refractivity contribution >= 4 is 6.34 Å². The van der Waals surface area contributed by atoms with E-state index in [1.54, 1.807) is 0 Å². The van der Waals surface area contributed by atoms with E-state index in [0.717, 1.165) is 12.5 Å². The first-order valence-electron chi connectivity index (χ1n) is 8.16. The predicted octanol–water partition coefficient (Wildman–Crippen LogP) is 4.84. The van der Waals surface area contributed by atoms with Crippen LogP contribution in [0.4, 0.5) is 13.2 Å². The number of nitrogens with zero attached hydrogens (tertiary/aromatic N) is 1. The highest BCUT2D eigenvalue weighted by Gasteiger charge is 2.33. The Morgan fingerprint density at radius 2 is 2.00 bits per heavy atom. The predicted molar refractivity (Wildman–Crippen MR) is 83.6 cm³/mol. The van der Waals surface area contributed by atoms with Gasteiger partial charge in [-0.1, -0.05) is 45.1 Å². The number of aliphatic imine (C=N–C) groups is 1. The zero-order valence-corrected chi connectivity index (χ0v) is 13.1. The molecule has 1 fully saturated rings. The van der Waals surface area contributed by atoms with Crippen molar-refractivity contribution in [3.63, 3.8) is 0 Å². The highest BCUT2D eigenvalue weighted by molar-refractivity contribution is 5.56. The molecule has 1 heterocycles. The van der Waals surface area contributed by atoms with Gasteiger partial charge in [0.1, 0.15) is 0 Å². The average molecular weight is 314 g/mol. The monoisotopic (exact) mass is 314 g/mol. The average Bonchev–Trinajstić information content (AvgIpc) is 2.59. The van der Waals surface area contributed by atoms with Gasteiger partial charge in [0.05, 0.1) is 11.9 Å². The molecule has 0 spiro atoms. The van der Waals surface area contributed by atoms with E-state index in [1.807, 2.05) is 0 Å². The molecule has 1 saturated carbocycles. The van der Waals surface area contributed by atoms with Gasteiger partial charge < -0.3 is 5.32 Å². The summed E-state index contributed by atoms with van der Waals surface area (Å²) in [6.45, 7) is 2.47. The summed E-state index contributed by atoms with van der Waals surface area (Å²) in [5.41, 5.74) is -0.578.